The molecule has 0 amide bonds. The summed E-state index contributed by atoms with van der Waals surface area (Å²) in [5, 5.41) is 3.71. The monoisotopic (exact) mass is 417 g/mol. The second-order valence-corrected chi connectivity index (χ2v) is 8.40. The first-order chi connectivity index (χ1) is 9.91. The molecular weight excluding hydrogens is 394 g/mol. The van der Waals surface area contributed by atoms with E-state index in [-0.39, 0.29) is 0 Å². The molecule has 1 N–H and O–H groups in total. The van der Waals surface area contributed by atoms with Crippen LogP contribution in [0.4, 0.5) is 0 Å². The lowest BCUT2D eigenvalue weighted by Gasteiger charge is -2.34. The fourth-order valence-corrected chi connectivity index (χ4v) is 4.34. The Hall–Kier alpha value is -0.0600. The maximum absolute atomic E-state index is 5.79. The first-order valence-corrected chi connectivity index (χ1v) is 9.34. The van der Waals surface area contributed by atoms with Crippen molar-refractivity contribution in [3.63, 3.8) is 0 Å². The minimum Gasteiger partial charge on any atom is -0.492 e. The van der Waals surface area contributed by atoms with E-state index in [9.17, 15) is 0 Å². The minimum absolute atomic E-state index is 0.521. The van der Waals surface area contributed by atoms with Crippen LogP contribution < -0.4 is 10.1 Å². The molecule has 2 nitrogen and oxygen atoms in total. The summed E-state index contributed by atoms with van der Waals surface area (Å²) in [6.45, 7) is 8.32. The summed E-state index contributed by atoms with van der Waals surface area (Å²) >= 11 is 7.16. The number of halogens is 2. The van der Waals surface area contributed by atoms with Crippen LogP contribution in [0.1, 0.15) is 52.0 Å². The molecule has 21 heavy (non-hydrogen) atoms. The average Bonchev–Trinajstić information content (AvgIpc) is 2.41. The summed E-state index contributed by atoms with van der Waals surface area (Å²) in [5.74, 6) is 0.962. The van der Waals surface area contributed by atoms with Gasteiger partial charge >= 0.3 is 0 Å². The SMILES string of the molecule is CCOc1c(Br)cc(Br)cc1CNC1CCC(C)(C)CC1. The Labute approximate surface area is 145 Å². The second-order valence-electron chi connectivity index (χ2n) is 6.63. The fraction of sp³-hybridized carbons (Fsp3) is 0.647. The van der Waals surface area contributed by atoms with Crippen molar-refractivity contribution in [2.75, 3.05) is 6.61 Å². The largest absolute Gasteiger partial charge is 0.492 e. The van der Waals surface area contributed by atoms with Crippen molar-refractivity contribution >= 4 is 31.9 Å². The van der Waals surface area contributed by atoms with Gasteiger partial charge in [0.25, 0.3) is 0 Å². The summed E-state index contributed by atoms with van der Waals surface area (Å²) in [6, 6.07) is 4.82. The van der Waals surface area contributed by atoms with Crippen LogP contribution in [0, 0.1) is 5.41 Å². The molecule has 0 heterocycles. The van der Waals surface area contributed by atoms with E-state index in [1.54, 1.807) is 0 Å². The molecule has 4 heteroatoms. The van der Waals surface area contributed by atoms with E-state index in [0.717, 1.165) is 21.2 Å². The van der Waals surface area contributed by atoms with Crippen molar-refractivity contribution in [3.8, 4) is 5.75 Å². The van der Waals surface area contributed by atoms with E-state index >= 15 is 0 Å². The Kier molecular flexibility index (Phi) is 6.15. The van der Waals surface area contributed by atoms with E-state index in [1.807, 2.05) is 13.0 Å². The van der Waals surface area contributed by atoms with Crippen molar-refractivity contribution in [1.29, 1.82) is 0 Å². The van der Waals surface area contributed by atoms with E-state index in [4.69, 9.17) is 4.74 Å². The van der Waals surface area contributed by atoms with E-state index in [1.165, 1.54) is 31.2 Å². The molecule has 0 unspecified atom stereocenters. The highest BCUT2D eigenvalue weighted by Crippen LogP contribution is 2.36. The van der Waals surface area contributed by atoms with Gasteiger partial charge in [-0.3, -0.25) is 0 Å². The third-order valence-corrected chi connectivity index (χ3v) is 5.34. The highest BCUT2D eigenvalue weighted by molar-refractivity contribution is 9.11. The van der Waals surface area contributed by atoms with Gasteiger partial charge in [-0.15, -0.1) is 0 Å². The highest BCUT2D eigenvalue weighted by Gasteiger charge is 2.26. The van der Waals surface area contributed by atoms with Gasteiger partial charge in [-0.2, -0.15) is 0 Å². The van der Waals surface area contributed by atoms with Crippen molar-refractivity contribution in [1.82, 2.24) is 5.32 Å². The van der Waals surface area contributed by atoms with Gasteiger partial charge < -0.3 is 10.1 Å². The molecule has 2 rings (SSSR count). The molecule has 0 bridgehead atoms. The van der Waals surface area contributed by atoms with Gasteiger partial charge in [-0.1, -0.05) is 29.8 Å². The molecule has 1 aliphatic rings. The predicted molar refractivity (Wildman–Crippen MR) is 95.9 cm³/mol. The van der Waals surface area contributed by atoms with Crippen LogP contribution in [0.2, 0.25) is 0 Å². The second kappa shape index (κ2) is 7.47. The molecular formula is C17H25Br2NO. The molecule has 118 valence electrons. The van der Waals surface area contributed by atoms with E-state index < -0.39 is 0 Å². The lowest BCUT2D eigenvalue weighted by molar-refractivity contribution is 0.205. The third-order valence-electron chi connectivity index (χ3n) is 4.29. The maximum atomic E-state index is 5.79. The lowest BCUT2D eigenvalue weighted by Crippen LogP contribution is -2.35. The van der Waals surface area contributed by atoms with Crippen molar-refractivity contribution < 1.29 is 4.74 Å². The normalized spacial score (nSPS) is 18.7. The number of nitrogens with one attached hydrogen (secondary N) is 1. The zero-order valence-corrected chi connectivity index (χ0v) is 16.3. The molecule has 1 aromatic carbocycles. The first-order valence-electron chi connectivity index (χ1n) is 7.75. The maximum Gasteiger partial charge on any atom is 0.138 e. The van der Waals surface area contributed by atoms with Gasteiger partial charge in [0.1, 0.15) is 5.75 Å². The lowest BCUT2D eigenvalue weighted by atomic mass is 9.75. The Morgan fingerprint density at radius 3 is 2.52 bits per heavy atom. The van der Waals surface area contributed by atoms with E-state index in [2.05, 4.69) is 57.1 Å². The summed E-state index contributed by atoms with van der Waals surface area (Å²) in [5.41, 5.74) is 1.73. The molecule has 0 saturated heterocycles. The zero-order valence-electron chi connectivity index (χ0n) is 13.1. The Bertz CT molecular complexity index is 478. The van der Waals surface area contributed by atoms with Gasteiger partial charge in [0.05, 0.1) is 11.1 Å². The molecule has 1 aromatic rings. The van der Waals surface area contributed by atoms with E-state index in [0.29, 0.717) is 18.1 Å². The van der Waals surface area contributed by atoms with Gasteiger partial charge in [-0.05, 0) is 66.1 Å². The summed E-state index contributed by atoms with van der Waals surface area (Å²) in [7, 11) is 0. The van der Waals surface area contributed by atoms with Crippen LogP contribution in [0.15, 0.2) is 21.1 Å². The molecule has 0 aliphatic heterocycles. The van der Waals surface area contributed by atoms with Crippen LogP contribution in [-0.2, 0) is 6.54 Å². The summed E-state index contributed by atoms with van der Waals surface area (Å²) in [6.07, 6.45) is 5.16. The summed E-state index contributed by atoms with van der Waals surface area (Å²) < 4.78 is 7.88. The van der Waals surface area contributed by atoms with Crippen LogP contribution in [-0.4, -0.2) is 12.6 Å². The minimum atomic E-state index is 0.521. The molecule has 1 saturated carbocycles. The zero-order chi connectivity index (χ0) is 15.5. The van der Waals surface area contributed by atoms with Crippen molar-refractivity contribution in [2.45, 2.75) is 59.0 Å². The van der Waals surface area contributed by atoms with Crippen molar-refractivity contribution in [2.24, 2.45) is 5.41 Å². The van der Waals surface area contributed by atoms with Gasteiger partial charge in [0, 0.05) is 22.6 Å². The predicted octanol–water partition coefficient (Wildman–Crippen LogP) is 5.67. The summed E-state index contributed by atoms with van der Waals surface area (Å²) in [4.78, 5) is 0. The highest BCUT2D eigenvalue weighted by atomic mass is 79.9. The topological polar surface area (TPSA) is 21.3 Å². The first kappa shape index (κ1) is 17.3. The number of hydrogen-bond acceptors (Lipinski definition) is 2. The van der Waals surface area contributed by atoms with Crippen LogP contribution in [0.3, 0.4) is 0 Å². The quantitative estimate of drug-likeness (QED) is 0.665. The van der Waals surface area contributed by atoms with Gasteiger partial charge in [0.2, 0.25) is 0 Å². The van der Waals surface area contributed by atoms with Crippen LogP contribution in [0.5, 0.6) is 5.75 Å². The number of hydrogen-bond donors (Lipinski definition) is 1. The van der Waals surface area contributed by atoms with Gasteiger partial charge in [-0.25, -0.2) is 0 Å². The Morgan fingerprint density at radius 1 is 1.24 bits per heavy atom. The molecule has 0 spiro atoms. The number of rotatable bonds is 5. The standard InChI is InChI=1S/C17H25Br2NO/c1-4-21-16-12(9-13(18)10-15(16)19)11-20-14-5-7-17(2,3)8-6-14/h9-10,14,20H,4-8,11H2,1-3H3. The molecule has 1 aliphatic carbocycles. The molecule has 0 radical (unpaired) electrons. The van der Waals surface area contributed by atoms with Gasteiger partial charge in [0.15, 0.2) is 0 Å². The Morgan fingerprint density at radius 2 is 1.90 bits per heavy atom. The average molecular weight is 419 g/mol. The third kappa shape index (κ3) is 4.97. The van der Waals surface area contributed by atoms with Crippen LogP contribution in [0.25, 0.3) is 0 Å². The Balaban J connectivity index is 2.00. The smallest absolute Gasteiger partial charge is 0.138 e. The molecule has 1 fully saturated rings. The van der Waals surface area contributed by atoms with Crippen LogP contribution >= 0.6 is 31.9 Å². The fourth-order valence-electron chi connectivity index (χ4n) is 2.91. The molecule has 0 aromatic heterocycles. The number of ether oxygens (including phenoxy) is 1. The van der Waals surface area contributed by atoms with Crippen molar-refractivity contribution in [3.05, 3.63) is 26.6 Å². The number of benzene rings is 1. The molecule has 0 atom stereocenters.